The number of nitrogens with zero attached hydrogens (tertiary/aromatic N) is 1. The number of aryl methyl sites for hydroxylation is 2. The number of benzene rings is 1. The zero-order chi connectivity index (χ0) is 12.3. The number of nitrogens with one attached hydrogen (secondary N) is 1. The molecular formula is C13H15FN2S. The van der Waals surface area contributed by atoms with Crippen LogP contribution < -0.4 is 5.32 Å². The highest BCUT2D eigenvalue weighted by Gasteiger charge is 2.03. The van der Waals surface area contributed by atoms with Crippen molar-refractivity contribution in [3.8, 4) is 0 Å². The number of anilines is 1. The van der Waals surface area contributed by atoms with Gasteiger partial charge in [-0.25, -0.2) is 9.37 Å². The molecule has 2 nitrogen and oxygen atoms in total. The summed E-state index contributed by atoms with van der Waals surface area (Å²) in [5.41, 5.74) is 1.47. The Hall–Kier alpha value is -1.42. The first-order chi connectivity index (χ1) is 8.19. The molecule has 0 aliphatic rings. The van der Waals surface area contributed by atoms with Crippen molar-refractivity contribution in [1.82, 2.24) is 4.98 Å². The van der Waals surface area contributed by atoms with E-state index < -0.39 is 0 Å². The Kier molecular flexibility index (Phi) is 3.74. The number of halogens is 1. The van der Waals surface area contributed by atoms with E-state index in [2.05, 4.69) is 17.2 Å². The normalized spacial score (nSPS) is 10.5. The molecule has 1 heterocycles. The van der Waals surface area contributed by atoms with Crippen molar-refractivity contribution in [2.75, 3.05) is 5.32 Å². The summed E-state index contributed by atoms with van der Waals surface area (Å²) in [6.07, 6.45) is 2.80. The monoisotopic (exact) mass is 250 g/mol. The van der Waals surface area contributed by atoms with Crippen LogP contribution in [0, 0.1) is 12.7 Å². The Morgan fingerprint density at radius 3 is 2.88 bits per heavy atom. The Balaban J connectivity index is 2.02. The third kappa shape index (κ3) is 3.03. The molecule has 0 fully saturated rings. The molecule has 2 aromatic rings. The Morgan fingerprint density at radius 1 is 1.41 bits per heavy atom. The standard InChI is InChI=1S/C13H15FN2S/c1-3-13-16-8-10(17-13)7-15-12-5-4-9(2)6-11(12)14/h4-6,8,15H,3,7H2,1-2H3. The molecule has 4 heteroatoms. The Labute approximate surface area is 105 Å². The van der Waals surface area contributed by atoms with Crippen molar-refractivity contribution in [1.29, 1.82) is 0 Å². The molecule has 0 spiro atoms. The summed E-state index contributed by atoms with van der Waals surface area (Å²) in [6, 6.07) is 5.20. The second kappa shape index (κ2) is 5.27. The van der Waals surface area contributed by atoms with Crippen molar-refractivity contribution in [2.45, 2.75) is 26.8 Å². The molecule has 0 unspecified atom stereocenters. The fourth-order valence-corrected chi connectivity index (χ4v) is 2.34. The van der Waals surface area contributed by atoms with Crippen LogP contribution in [0.5, 0.6) is 0 Å². The highest BCUT2D eigenvalue weighted by atomic mass is 32.1. The predicted molar refractivity (Wildman–Crippen MR) is 70.0 cm³/mol. The van der Waals surface area contributed by atoms with Crippen LogP contribution in [0.3, 0.4) is 0 Å². The third-order valence-corrected chi connectivity index (χ3v) is 3.62. The second-order valence-corrected chi connectivity index (χ2v) is 5.11. The van der Waals surface area contributed by atoms with Crippen LogP contribution in [-0.2, 0) is 13.0 Å². The lowest BCUT2D eigenvalue weighted by Gasteiger charge is -2.06. The molecular weight excluding hydrogens is 235 g/mol. The van der Waals surface area contributed by atoms with Crippen molar-refractivity contribution in [3.05, 3.63) is 45.7 Å². The fraction of sp³-hybridized carbons (Fsp3) is 0.308. The molecule has 17 heavy (non-hydrogen) atoms. The maximum Gasteiger partial charge on any atom is 0.146 e. The molecule has 0 saturated heterocycles. The molecule has 0 aliphatic heterocycles. The average Bonchev–Trinajstić information content (AvgIpc) is 2.76. The molecule has 0 saturated carbocycles. The lowest BCUT2D eigenvalue weighted by atomic mass is 10.2. The highest BCUT2D eigenvalue weighted by Crippen LogP contribution is 2.18. The molecule has 90 valence electrons. The molecule has 0 amide bonds. The first-order valence-corrected chi connectivity index (χ1v) is 6.44. The maximum absolute atomic E-state index is 13.5. The number of hydrogen-bond acceptors (Lipinski definition) is 3. The molecule has 1 aromatic heterocycles. The summed E-state index contributed by atoms with van der Waals surface area (Å²) in [5.74, 6) is -0.203. The Morgan fingerprint density at radius 2 is 2.24 bits per heavy atom. The van der Waals surface area contributed by atoms with Gasteiger partial charge in [0, 0.05) is 11.1 Å². The zero-order valence-corrected chi connectivity index (χ0v) is 10.8. The van der Waals surface area contributed by atoms with E-state index in [-0.39, 0.29) is 5.82 Å². The quantitative estimate of drug-likeness (QED) is 0.893. The molecule has 1 N–H and O–H groups in total. The van der Waals surface area contributed by atoms with Gasteiger partial charge in [-0.1, -0.05) is 13.0 Å². The van der Waals surface area contributed by atoms with E-state index in [1.807, 2.05) is 19.2 Å². The van der Waals surface area contributed by atoms with Gasteiger partial charge < -0.3 is 5.32 Å². The van der Waals surface area contributed by atoms with Crippen LogP contribution in [-0.4, -0.2) is 4.98 Å². The summed E-state index contributed by atoms with van der Waals surface area (Å²) >= 11 is 1.67. The van der Waals surface area contributed by atoms with E-state index in [0.717, 1.165) is 21.9 Å². The maximum atomic E-state index is 13.5. The van der Waals surface area contributed by atoms with Crippen LogP contribution in [0.2, 0.25) is 0 Å². The lowest BCUT2D eigenvalue weighted by molar-refractivity contribution is 0.629. The first kappa shape index (κ1) is 12.0. The van der Waals surface area contributed by atoms with Crippen LogP contribution in [0.4, 0.5) is 10.1 Å². The minimum absolute atomic E-state index is 0.203. The van der Waals surface area contributed by atoms with E-state index in [4.69, 9.17) is 0 Å². The number of thiazole rings is 1. The van der Waals surface area contributed by atoms with Gasteiger partial charge in [-0.15, -0.1) is 11.3 Å². The van der Waals surface area contributed by atoms with Gasteiger partial charge in [0.05, 0.1) is 17.2 Å². The Bertz CT molecular complexity index is 508. The van der Waals surface area contributed by atoms with Crippen molar-refractivity contribution >= 4 is 17.0 Å². The van der Waals surface area contributed by atoms with Crippen molar-refractivity contribution < 1.29 is 4.39 Å². The number of hydrogen-bond donors (Lipinski definition) is 1. The van der Waals surface area contributed by atoms with E-state index in [0.29, 0.717) is 12.2 Å². The minimum atomic E-state index is -0.203. The highest BCUT2D eigenvalue weighted by molar-refractivity contribution is 7.11. The van der Waals surface area contributed by atoms with E-state index in [1.54, 1.807) is 17.4 Å². The van der Waals surface area contributed by atoms with Gasteiger partial charge in [-0.2, -0.15) is 0 Å². The second-order valence-electron chi connectivity index (χ2n) is 3.91. The summed E-state index contributed by atoms with van der Waals surface area (Å²) in [7, 11) is 0. The van der Waals surface area contributed by atoms with Gasteiger partial charge in [0.1, 0.15) is 5.82 Å². The summed E-state index contributed by atoms with van der Waals surface area (Å²) in [6.45, 7) is 4.58. The fourth-order valence-electron chi connectivity index (χ4n) is 1.54. The average molecular weight is 250 g/mol. The van der Waals surface area contributed by atoms with E-state index in [9.17, 15) is 4.39 Å². The van der Waals surface area contributed by atoms with E-state index in [1.165, 1.54) is 6.07 Å². The number of aromatic nitrogens is 1. The minimum Gasteiger partial charge on any atom is -0.378 e. The van der Waals surface area contributed by atoms with Gasteiger partial charge >= 0.3 is 0 Å². The van der Waals surface area contributed by atoms with Crippen molar-refractivity contribution in [3.63, 3.8) is 0 Å². The summed E-state index contributed by atoms with van der Waals surface area (Å²) in [5, 5.41) is 4.21. The van der Waals surface area contributed by atoms with Gasteiger partial charge in [-0.05, 0) is 31.0 Å². The van der Waals surface area contributed by atoms with Gasteiger partial charge in [0.2, 0.25) is 0 Å². The lowest BCUT2D eigenvalue weighted by Crippen LogP contribution is -1.99. The largest absolute Gasteiger partial charge is 0.378 e. The first-order valence-electron chi connectivity index (χ1n) is 5.62. The van der Waals surface area contributed by atoms with Gasteiger partial charge in [0.25, 0.3) is 0 Å². The molecule has 0 aliphatic carbocycles. The third-order valence-electron chi connectivity index (χ3n) is 2.48. The number of rotatable bonds is 4. The van der Waals surface area contributed by atoms with Gasteiger partial charge in [-0.3, -0.25) is 0 Å². The summed E-state index contributed by atoms with van der Waals surface area (Å²) < 4.78 is 13.5. The van der Waals surface area contributed by atoms with Crippen LogP contribution in [0.1, 0.15) is 22.4 Å². The molecule has 0 radical (unpaired) electrons. The van der Waals surface area contributed by atoms with E-state index >= 15 is 0 Å². The topological polar surface area (TPSA) is 24.9 Å². The zero-order valence-electron chi connectivity index (χ0n) is 9.96. The van der Waals surface area contributed by atoms with Crippen LogP contribution in [0.15, 0.2) is 24.4 Å². The van der Waals surface area contributed by atoms with Crippen LogP contribution >= 0.6 is 11.3 Å². The SMILES string of the molecule is CCc1ncc(CNc2ccc(C)cc2F)s1. The predicted octanol–water partition coefficient (Wildman–Crippen LogP) is 3.77. The van der Waals surface area contributed by atoms with Crippen molar-refractivity contribution in [2.24, 2.45) is 0 Å². The summed E-state index contributed by atoms with van der Waals surface area (Å²) in [4.78, 5) is 5.39. The molecule has 1 aromatic carbocycles. The molecule has 0 bridgehead atoms. The molecule has 0 atom stereocenters. The smallest absolute Gasteiger partial charge is 0.146 e. The van der Waals surface area contributed by atoms with Crippen LogP contribution in [0.25, 0.3) is 0 Å². The van der Waals surface area contributed by atoms with Gasteiger partial charge in [0.15, 0.2) is 0 Å². The molecule has 2 rings (SSSR count).